The SMILES string of the molecule is COc1cc([C@@H](CCC(F)(F)F)N2CCNCC2)cc(Cl)c1O.Cl. The Bertz CT molecular complexity index is 538. The summed E-state index contributed by atoms with van der Waals surface area (Å²) in [5.74, 6) is -0.0348. The molecule has 1 heterocycles. The normalized spacial score (nSPS) is 17.2. The molecule has 1 saturated heterocycles. The molecule has 0 unspecified atom stereocenters. The molecule has 2 rings (SSSR count). The number of ether oxygens (including phenoxy) is 1. The summed E-state index contributed by atoms with van der Waals surface area (Å²) in [6, 6.07) is 2.65. The van der Waals surface area contributed by atoms with Gasteiger partial charge in [-0.05, 0) is 24.1 Å². The first-order valence-electron chi connectivity index (χ1n) is 7.39. The van der Waals surface area contributed by atoms with Crippen LogP contribution < -0.4 is 10.1 Å². The summed E-state index contributed by atoms with van der Waals surface area (Å²) in [5, 5.41) is 13.1. The highest BCUT2D eigenvalue weighted by Gasteiger charge is 2.32. The number of alkyl halides is 3. The molecule has 24 heavy (non-hydrogen) atoms. The number of hydrogen-bond donors (Lipinski definition) is 2. The molecule has 1 aliphatic heterocycles. The average Bonchev–Trinajstić information content (AvgIpc) is 2.50. The predicted octanol–water partition coefficient (Wildman–Crippen LogP) is 3.76. The van der Waals surface area contributed by atoms with Gasteiger partial charge in [-0.2, -0.15) is 13.2 Å². The van der Waals surface area contributed by atoms with Gasteiger partial charge in [-0.1, -0.05) is 11.6 Å². The fourth-order valence-electron chi connectivity index (χ4n) is 2.80. The number of benzene rings is 1. The monoisotopic (exact) mass is 388 g/mol. The second kappa shape index (κ2) is 8.99. The Labute approximate surface area is 150 Å². The van der Waals surface area contributed by atoms with E-state index in [4.69, 9.17) is 16.3 Å². The van der Waals surface area contributed by atoms with Crippen molar-refractivity contribution in [2.24, 2.45) is 0 Å². The first-order chi connectivity index (χ1) is 10.8. The van der Waals surface area contributed by atoms with Gasteiger partial charge < -0.3 is 15.2 Å². The highest BCUT2D eigenvalue weighted by molar-refractivity contribution is 6.32. The number of phenolic OH excluding ortho intramolecular Hbond substituents is 1. The van der Waals surface area contributed by atoms with E-state index in [1.54, 1.807) is 6.07 Å². The number of nitrogens with one attached hydrogen (secondary N) is 1. The topological polar surface area (TPSA) is 44.7 Å². The second-order valence-corrected chi connectivity index (χ2v) is 5.92. The lowest BCUT2D eigenvalue weighted by Gasteiger charge is -2.35. The van der Waals surface area contributed by atoms with Crippen LogP contribution in [0.2, 0.25) is 5.02 Å². The lowest BCUT2D eigenvalue weighted by atomic mass is 9.98. The van der Waals surface area contributed by atoms with Gasteiger partial charge in [0.25, 0.3) is 0 Å². The van der Waals surface area contributed by atoms with Crippen molar-refractivity contribution in [1.29, 1.82) is 0 Å². The number of methoxy groups -OCH3 is 1. The molecular formula is C15H21Cl2F3N2O2. The van der Waals surface area contributed by atoms with Crippen LogP contribution in [0.15, 0.2) is 12.1 Å². The Morgan fingerprint density at radius 3 is 2.50 bits per heavy atom. The van der Waals surface area contributed by atoms with Gasteiger partial charge in [-0.25, -0.2) is 0 Å². The summed E-state index contributed by atoms with van der Waals surface area (Å²) >= 11 is 5.99. The van der Waals surface area contributed by atoms with Gasteiger partial charge in [0.15, 0.2) is 11.5 Å². The van der Waals surface area contributed by atoms with Gasteiger partial charge in [0.1, 0.15) is 0 Å². The minimum Gasteiger partial charge on any atom is -0.503 e. The van der Waals surface area contributed by atoms with Crippen LogP contribution in [0.4, 0.5) is 13.2 Å². The van der Waals surface area contributed by atoms with Gasteiger partial charge in [-0.3, -0.25) is 4.90 Å². The van der Waals surface area contributed by atoms with Crippen LogP contribution in [0.1, 0.15) is 24.4 Å². The summed E-state index contributed by atoms with van der Waals surface area (Å²) in [5.41, 5.74) is 0.621. The summed E-state index contributed by atoms with van der Waals surface area (Å²) in [7, 11) is 1.38. The van der Waals surface area contributed by atoms with Crippen LogP contribution >= 0.6 is 24.0 Å². The molecule has 1 atom stereocenters. The second-order valence-electron chi connectivity index (χ2n) is 5.51. The number of nitrogens with zero attached hydrogens (tertiary/aromatic N) is 1. The molecule has 0 amide bonds. The van der Waals surface area contributed by atoms with Gasteiger partial charge >= 0.3 is 6.18 Å². The van der Waals surface area contributed by atoms with E-state index in [0.717, 1.165) is 13.1 Å². The molecule has 4 nitrogen and oxygen atoms in total. The molecule has 1 fully saturated rings. The molecule has 1 aromatic carbocycles. The van der Waals surface area contributed by atoms with E-state index in [2.05, 4.69) is 5.32 Å². The molecule has 1 aliphatic rings. The lowest BCUT2D eigenvalue weighted by molar-refractivity contribution is -0.138. The maximum atomic E-state index is 12.7. The Morgan fingerprint density at radius 1 is 1.33 bits per heavy atom. The molecule has 0 saturated carbocycles. The Kier molecular flexibility index (Phi) is 7.92. The summed E-state index contributed by atoms with van der Waals surface area (Å²) < 4.78 is 43.1. The molecule has 0 spiro atoms. The standard InChI is InChI=1S/C15H20ClF3N2O2.ClH/c1-23-13-9-10(8-11(16)14(13)22)12(2-3-15(17,18)19)21-6-4-20-5-7-21;/h8-9,12,20,22H,2-7H2,1H3;1H/t12-;/m1./s1. The van der Waals surface area contributed by atoms with E-state index in [0.29, 0.717) is 18.7 Å². The molecular weight excluding hydrogens is 368 g/mol. The zero-order chi connectivity index (χ0) is 17.0. The molecule has 0 radical (unpaired) electrons. The average molecular weight is 389 g/mol. The molecule has 138 valence electrons. The van der Waals surface area contributed by atoms with Crippen LogP contribution in [0.3, 0.4) is 0 Å². The first-order valence-corrected chi connectivity index (χ1v) is 7.77. The van der Waals surface area contributed by atoms with Gasteiger partial charge in [-0.15, -0.1) is 12.4 Å². The Hall–Kier alpha value is -0.890. The summed E-state index contributed by atoms with van der Waals surface area (Å²) in [6.07, 6.45) is -5.15. The number of rotatable bonds is 5. The van der Waals surface area contributed by atoms with E-state index in [1.807, 2.05) is 4.90 Å². The maximum absolute atomic E-state index is 12.7. The van der Waals surface area contributed by atoms with Crippen molar-refractivity contribution in [3.8, 4) is 11.5 Å². The van der Waals surface area contributed by atoms with Crippen molar-refractivity contribution in [3.05, 3.63) is 22.7 Å². The van der Waals surface area contributed by atoms with Crippen molar-refractivity contribution in [2.75, 3.05) is 33.3 Å². The highest BCUT2D eigenvalue weighted by atomic mass is 35.5. The van der Waals surface area contributed by atoms with Crippen LogP contribution in [0.25, 0.3) is 0 Å². The highest BCUT2D eigenvalue weighted by Crippen LogP contribution is 2.40. The van der Waals surface area contributed by atoms with Crippen molar-refractivity contribution in [1.82, 2.24) is 10.2 Å². The minimum atomic E-state index is -4.21. The van der Waals surface area contributed by atoms with Gasteiger partial charge in [0.2, 0.25) is 0 Å². The van der Waals surface area contributed by atoms with Crippen molar-refractivity contribution in [3.63, 3.8) is 0 Å². The Morgan fingerprint density at radius 2 is 1.96 bits per heavy atom. The number of halogens is 5. The van der Waals surface area contributed by atoms with Crippen LogP contribution in [0.5, 0.6) is 11.5 Å². The first kappa shape index (κ1) is 21.2. The third kappa shape index (κ3) is 5.58. The van der Waals surface area contributed by atoms with E-state index in [9.17, 15) is 18.3 Å². The predicted molar refractivity (Wildman–Crippen MR) is 89.4 cm³/mol. The van der Waals surface area contributed by atoms with Crippen LogP contribution in [0, 0.1) is 0 Å². The molecule has 0 bridgehead atoms. The maximum Gasteiger partial charge on any atom is 0.389 e. The van der Waals surface area contributed by atoms with E-state index < -0.39 is 18.6 Å². The number of piperazine rings is 1. The third-order valence-electron chi connectivity index (χ3n) is 3.95. The van der Waals surface area contributed by atoms with Gasteiger partial charge in [0.05, 0.1) is 12.1 Å². The number of hydrogen-bond acceptors (Lipinski definition) is 4. The molecule has 9 heteroatoms. The fourth-order valence-corrected chi connectivity index (χ4v) is 3.02. The molecule has 1 aromatic rings. The number of phenols is 1. The summed E-state index contributed by atoms with van der Waals surface area (Å²) in [4.78, 5) is 2.00. The smallest absolute Gasteiger partial charge is 0.389 e. The van der Waals surface area contributed by atoms with Gasteiger partial charge in [0, 0.05) is 38.6 Å². The number of aromatic hydroxyl groups is 1. The molecule has 2 N–H and O–H groups in total. The van der Waals surface area contributed by atoms with Crippen LogP contribution in [-0.2, 0) is 0 Å². The molecule has 0 aromatic heterocycles. The van der Waals surface area contributed by atoms with Crippen molar-refractivity contribution >= 4 is 24.0 Å². The quantitative estimate of drug-likeness (QED) is 0.805. The largest absolute Gasteiger partial charge is 0.503 e. The Balaban J connectivity index is 0.00000288. The zero-order valence-electron chi connectivity index (χ0n) is 13.2. The molecule has 0 aliphatic carbocycles. The fraction of sp³-hybridized carbons (Fsp3) is 0.600. The third-order valence-corrected chi connectivity index (χ3v) is 4.24. The van der Waals surface area contributed by atoms with E-state index >= 15 is 0 Å². The zero-order valence-corrected chi connectivity index (χ0v) is 14.8. The van der Waals surface area contributed by atoms with E-state index in [-0.39, 0.29) is 35.3 Å². The van der Waals surface area contributed by atoms with Crippen LogP contribution in [-0.4, -0.2) is 49.5 Å². The minimum absolute atomic E-state index is 0. The van der Waals surface area contributed by atoms with Crippen molar-refractivity contribution < 1.29 is 23.0 Å². The van der Waals surface area contributed by atoms with Crippen molar-refractivity contribution in [2.45, 2.75) is 25.1 Å². The lowest BCUT2D eigenvalue weighted by Crippen LogP contribution is -2.45. The van der Waals surface area contributed by atoms with E-state index in [1.165, 1.54) is 13.2 Å². The summed E-state index contributed by atoms with van der Waals surface area (Å²) in [6.45, 7) is 2.77.